The van der Waals surface area contributed by atoms with Crippen molar-refractivity contribution in [3.05, 3.63) is 51.6 Å². The van der Waals surface area contributed by atoms with Crippen LogP contribution in [0.1, 0.15) is 29.2 Å². The molecule has 24 heavy (non-hydrogen) atoms. The number of carbonyl (C=O) groups excluding carboxylic acids is 1. The molecule has 3 rings (SSSR count). The summed E-state index contributed by atoms with van der Waals surface area (Å²) in [5, 5.41) is 10.2. The summed E-state index contributed by atoms with van der Waals surface area (Å²) >= 11 is 0. The number of methoxy groups -OCH3 is 1. The van der Waals surface area contributed by atoms with Gasteiger partial charge in [-0.25, -0.2) is 4.79 Å². The molecule has 2 aromatic rings. The lowest BCUT2D eigenvalue weighted by Gasteiger charge is -2.17. The minimum atomic E-state index is -0.733. The lowest BCUT2D eigenvalue weighted by molar-refractivity contribution is -0.140. The van der Waals surface area contributed by atoms with Crippen molar-refractivity contribution in [2.24, 2.45) is 0 Å². The third-order valence-electron chi connectivity index (χ3n) is 3.84. The van der Waals surface area contributed by atoms with Crippen LogP contribution in [-0.4, -0.2) is 25.0 Å². The van der Waals surface area contributed by atoms with Gasteiger partial charge >= 0.3 is 11.6 Å². The summed E-state index contributed by atoms with van der Waals surface area (Å²) in [4.78, 5) is 24.0. The fourth-order valence-electron chi connectivity index (χ4n) is 2.69. The third kappa shape index (κ3) is 2.92. The van der Waals surface area contributed by atoms with Gasteiger partial charge in [0.1, 0.15) is 11.5 Å². The summed E-state index contributed by atoms with van der Waals surface area (Å²) in [7, 11) is 1.26. The van der Waals surface area contributed by atoms with Crippen molar-refractivity contribution < 1.29 is 28.5 Å². The van der Waals surface area contributed by atoms with Crippen molar-refractivity contribution in [1.29, 1.82) is 0 Å². The molecule has 0 amide bonds. The van der Waals surface area contributed by atoms with E-state index in [1.54, 1.807) is 25.1 Å². The van der Waals surface area contributed by atoms with E-state index in [4.69, 9.17) is 18.6 Å². The Morgan fingerprint density at radius 3 is 2.75 bits per heavy atom. The topological polar surface area (TPSA) is 95.2 Å². The van der Waals surface area contributed by atoms with Crippen molar-refractivity contribution in [3.63, 3.8) is 0 Å². The summed E-state index contributed by atoms with van der Waals surface area (Å²) in [6.45, 7) is 1.67. The Morgan fingerprint density at radius 2 is 2.04 bits per heavy atom. The Kier molecular flexibility index (Phi) is 4.16. The fourth-order valence-corrected chi connectivity index (χ4v) is 2.69. The second kappa shape index (κ2) is 6.27. The van der Waals surface area contributed by atoms with Gasteiger partial charge in [-0.3, -0.25) is 4.79 Å². The maximum atomic E-state index is 12.2. The molecule has 0 spiro atoms. The monoisotopic (exact) mass is 332 g/mol. The molecule has 0 aliphatic carbocycles. The van der Waals surface area contributed by atoms with Gasteiger partial charge in [-0.15, -0.1) is 0 Å². The fraction of sp³-hybridized carbons (Fsp3) is 0.294. The van der Waals surface area contributed by atoms with Crippen LogP contribution < -0.4 is 15.1 Å². The first-order chi connectivity index (χ1) is 11.5. The summed E-state index contributed by atoms with van der Waals surface area (Å²) in [5.41, 5.74) is -0.0833. The molecule has 1 aliphatic rings. The molecule has 1 aromatic carbocycles. The van der Waals surface area contributed by atoms with Gasteiger partial charge in [-0.1, -0.05) is 6.07 Å². The van der Waals surface area contributed by atoms with Crippen LogP contribution in [0.15, 0.2) is 33.5 Å². The molecular weight excluding hydrogens is 316 g/mol. The standard InChI is InChI=1S/C17H16O7/c1-9-5-12(18)16(17(20)24-9)11(7-15(19)21-2)10-3-4-13-14(6-10)23-8-22-13/h3-6,11,18H,7-8H2,1-2H3/t11-/m0/s1. The van der Waals surface area contributed by atoms with E-state index < -0.39 is 17.5 Å². The number of rotatable bonds is 4. The van der Waals surface area contributed by atoms with E-state index in [0.29, 0.717) is 17.1 Å². The summed E-state index contributed by atoms with van der Waals surface area (Å²) in [5.74, 6) is -0.103. The van der Waals surface area contributed by atoms with E-state index in [0.717, 1.165) is 0 Å². The number of ether oxygens (including phenoxy) is 3. The highest BCUT2D eigenvalue weighted by Gasteiger charge is 2.27. The lowest BCUT2D eigenvalue weighted by atomic mass is 9.88. The first kappa shape index (κ1) is 15.9. The minimum Gasteiger partial charge on any atom is -0.507 e. The molecule has 1 N–H and O–H groups in total. The van der Waals surface area contributed by atoms with Crippen molar-refractivity contribution in [2.75, 3.05) is 13.9 Å². The molecule has 0 radical (unpaired) electrons. The predicted molar refractivity (Wildman–Crippen MR) is 82.4 cm³/mol. The number of benzene rings is 1. The molecule has 7 nitrogen and oxygen atoms in total. The van der Waals surface area contributed by atoms with E-state index in [1.807, 2.05) is 0 Å². The van der Waals surface area contributed by atoms with Gasteiger partial charge in [0.15, 0.2) is 11.5 Å². The van der Waals surface area contributed by atoms with Crippen LogP contribution in [-0.2, 0) is 9.53 Å². The van der Waals surface area contributed by atoms with E-state index >= 15 is 0 Å². The van der Waals surface area contributed by atoms with Crippen LogP contribution in [0.3, 0.4) is 0 Å². The number of hydrogen-bond acceptors (Lipinski definition) is 7. The molecule has 1 atom stereocenters. The molecule has 0 fully saturated rings. The van der Waals surface area contributed by atoms with Crippen molar-refractivity contribution in [1.82, 2.24) is 0 Å². The van der Waals surface area contributed by atoms with E-state index in [2.05, 4.69) is 0 Å². The van der Waals surface area contributed by atoms with Crippen molar-refractivity contribution in [2.45, 2.75) is 19.3 Å². The number of aromatic hydroxyl groups is 1. The average molecular weight is 332 g/mol. The lowest BCUT2D eigenvalue weighted by Crippen LogP contribution is -2.18. The van der Waals surface area contributed by atoms with Gasteiger partial charge in [0, 0.05) is 12.0 Å². The number of hydrogen-bond donors (Lipinski definition) is 1. The zero-order valence-electron chi connectivity index (χ0n) is 13.2. The molecule has 7 heteroatoms. The molecule has 2 heterocycles. The first-order valence-corrected chi connectivity index (χ1v) is 7.29. The van der Waals surface area contributed by atoms with Gasteiger partial charge in [0.05, 0.1) is 19.1 Å². The van der Waals surface area contributed by atoms with Crippen LogP contribution >= 0.6 is 0 Å². The second-order valence-electron chi connectivity index (χ2n) is 5.39. The molecule has 0 bridgehead atoms. The zero-order chi connectivity index (χ0) is 17.3. The predicted octanol–water partition coefficient (Wildman–Crippen LogP) is 2.08. The Bertz CT molecular complexity index is 837. The highest BCUT2D eigenvalue weighted by molar-refractivity contribution is 5.71. The average Bonchev–Trinajstić information content (AvgIpc) is 3.00. The van der Waals surface area contributed by atoms with Gasteiger partial charge in [0.25, 0.3) is 0 Å². The normalized spacial score (nSPS) is 13.6. The summed E-state index contributed by atoms with van der Waals surface area (Å²) in [6, 6.07) is 6.41. The molecule has 1 aromatic heterocycles. The highest BCUT2D eigenvalue weighted by Crippen LogP contribution is 2.38. The Morgan fingerprint density at radius 1 is 1.29 bits per heavy atom. The van der Waals surface area contributed by atoms with Gasteiger partial charge in [0.2, 0.25) is 6.79 Å². The van der Waals surface area contributed by atoms with E-state index in [-0.39, 0.29) is 30.3 Å². The van der Waals surface area contributed by atoms with Gasteiger partial charge < -0.3 is 23.7 Å². The first-order valence-electron chi connectivity index (χ1n) is 7.29. The van der Waals surface area contributed by atoms with Crippen LogP contribution in [0.2, 0.25) is 0 Å². The number of esters is 1. The largest absolute Gasteiger partial charge is 0.507 e. The summed E-state index contributed by atoms with van der Waals surface area (Å²) in [6.07, 6.45) is -0.127. The van der Waals surface area contributed by atoms with Crippen molar-refractivity contribution in [3.8, 4) is 17.2 Å². The smallest absolute Gasteiger partial charge is 0.343 e. The summed E-state index contributed by atoms with van der Waals surface area (Å²) < 4.78 is 20.4. The Labute approximate surface area is 137 Å². The number of fused-ring (bicyclic) bond motifs is 1. The number of carbonyl (C=O) groups is 1. The van der Waals surface area contributed by atoms with Crippen molar-refractivity contribution >= 4 is 5.97 Å². The Hall–Kier alpha value is -2.96. The maximum Gasteiger partial charge on any atom is 0.343 e. The molecular formula is C17H16O7. The van der Waals surface area contributed by atoms with Crippen LogP contribution in [0.25, 0.3) is 0 Å². The van der Waals surface area contributed by atoms with Crippen LogP contribution in [0.4, 0.5) is 0 Å². The number of aryl methyl sites for hydroxylation is 1. The maximum absolute atomic E-state index is 12.2. The third-order valence-corrected chi connectivity index (χ3v) is 3.84. The molecule has 126 valence electrons. The molecule has 0 saturated heterocycles. The highest BCUT2D eigenvalue weighted by atomic mass is 16.7. The van der Waals surface area contributed by atoms with Crippen LogP contribution in [0.5, 0.6) is 17.2 Å². The van der Waals surface area contributed by atoms with E-state index in [9.17, 15) is 14.7 Å². The SMILES string of the molecule is COC(=O)C[C@@H](c1ccc2c(c1)OCO2)c1c(O)cc(C)oc1=O. The minimum absolute atomic E-state index is 0.00450. The van der Waals surface area contributed by atoms with Crippen LogP contribution in [0, 0.1) is 6.92 Å². The molecule has 1 aliphatic heterocycles. The van der Waals surface area contributed by atoms with Gasteiger partial charge in [-0.2, -0.15) is 0 Å². The van der Waals surface area contributed by atoms with E-state index in [1.165, 1.54) is 13.2 Å². The molecule has 0 unspecified atom stereocenters. The zero-order valence-corrected chi connectivity index (χ0v) is 13.2. The molecule has 0 saturated carbocycles. The Balaban J connectivity index is 2.11. The van der Waals surface area contributed by atoms with Gasteiger partial charge in [-0.05, 0) is 24.6 Å². The quantitative estimate of drug-likeness (QED) is 0.856. The second-order valence-corrected chi connectivity index (χ2v) is 5.39.